The molecule has 0 bridgehead atoms. The Labute approximate surface area is 137 Å². The summed E-state index contributed by atoms with van der Waals surface area (Å²) in [5.41, 5.74) is -0.599. The molecule has 0 saturated carbocycles. The maximum atomic E-state index is 11.8. The molecule has 0 aliphatic rings. The van der Waals surface area contributed by atoms with Gasteiger partial charge >= 0.3 is 12.1 Å². The Morgan fingerprint density at radius 1 is 1.04 bits per heavy atom. The van der Waals surface area contributed by atoms with E-state index in [0.29, 0.717) is 0 Å². The quantitative estimate of drug-likeness (QED) is 0.179. The minimum Gasteiger partial charge on any atom is -0.450 e. The van der Waals surface area contributed by atoms with Crippen LogP contribution in [0, 0.1) is 5.41 Å². The maximum absolute atomic E-state index is 11.8. The van der Waals surface area contributed by atoms with Crippen LogP contribution in [0.25, 0.3) is 0 Å². The first kappa shape index (κ1) is 21.2. The molecule has 0 aliphatic heterocycles. The van der Waals surface area contributed by atoms with E-state index in [0.717, 1.165) is 12.7 Å². The number of carboxylic acid groups (broad SMARTS) is 1. The van der Waals surface area contributed by atoms with Gasteiger partial charge in [-0.15, -0.1) is 0 Å². The van der Waals surface area contributed by atoms with Gasteiger partial charge in [-0.25, -0.2) is 9.59 Å². The van der Waals surface area contributed by atoms with E-state index in [-0.39, 0.29) is 11.0 Å². The summed E-state index contributed by atoms with van der Waals surface area (Å²) in [4.78, 5) is 32.8. The Hall–Kier alpha value is -1.76. The molecule has 0 spiro atoms. The fraction of sp³-hybridized carbons (Fsp3) is 0.750. The smallest absolute Gasteiger partial charge is 0.450 e. The van der Waals surface area contributed by atoms with Gasteiger partial charge in [0.2, 0.25) is 0 Å². The second-order valence-corrected chi connectivity index (χ2v) is 6.89. The molecule has 0 aliphatic carbocycles. The zero-order chi connectivity index (χ0) is 18.5. The molecule has 0 aromatic heterocycles. The van der Waals surface area contributed by atoms with Crippen LogP contribution in [-0.4, -0.2) is 28.6 Å². The van der Waals surface area contributed by atoms with Gasteiger partial charge in [0, 0.05) is 13.8 Å². The average Bonchev–Trinajstić information content (AvgIpc) is 2.35. The highest BCUT2D eigenvalue weighted by molar-refractivity contribution is 5.87. The van der Waals surface area contributed by atoms with E-state index in [1.807, 2.05) is 34.6 Å². The summed E-state index contributed by atoms with van der Waals surface area (Å²) in [5.74, 6) is -2.37. The molecular weight excluding hydrogens is 304 g/mol. The summed E-state index contributed by atoms with van der Waals surface area (Å²) >= 11 is 0. The first-order valence-corrected chi connectivity index (χ1v) is 7.40. The molecule has 0 aromatic rings. The first-order valence-electron chi connectivity index (χ1n) is 7.40. The standard InChI is InChI=1S/C16H28O7/c1-9-14(3,4)15(5,6)23-20-10-11(2)12(17)21-16(7,8)22-13(18)19/h10H,9H2,1-8H3,(H,18,19). The van der Waals surface area contributed by atoms with Crippen LogP contribution in [0.5, 0.6) is 0 Å². The third kappa shape index (κ3) is 6.90. The molecular formula is C16H28O7. The van der Waals surface area contributed by atoms with Gasteiger partial charge in [0.25, 0.3) is 5.79 Å². The topological polar surface area (TPSA) is 91.3 Å². The third-order valence-corrected chi connectivity index (χ3v) is 3.99. The summed E-state index contributed by atoms with van der Waals surface area (Å²) in [7, 11) is 0. The van der Waals surface area contributed by atoms with Crippen molar-refractivity contribution in [1.29, 1.82) is 0 Å². The molecule has 0 atom stereocenters. The number of hydrogen-bond donors (Lipinski definition) is 1. The Balaban J connectivity index is 4.68. The molecule has 0 unspecified atom stereocenters. The van der Waals surface area contributed by atoms with E-state index in [2.05, 4.69) is 4.74 Å². The predicted octanol–water partition coefficient (Wildman–Crippen LogP) is 4.03. The van der Waals surface area contributed by atoms with Crippen LogP contribution in [0.15, 0.2) is 11.8 Å². The number of ether oxygens (including phenoxy) is 2. The highest BCUT2D eigenvalue weighted by Gasteiger charge is 2.38. The minimum absolute atomic E-state index is 0.108. The van der Waals surface area contributed by atoms with E-state index in [1.165, 1.54) is 20.8 Å². The van der Waals surface area contributed by atoms with E-state index >= 15 is 0 Å². The van der Waals surface area contributed by atoms with E-state index in [4.69, 9.17) is 19.6 Å². The largest absolute Gasteiger partial charge is 0.509 e. The van der Waals surface area contributed by atoms with Gasteiger partial charge in [0.1, 0.15) is 11.9 Å². The molecule has 0 heterocycles. The molecule has 7 nitrogen and oxygen atoms in total. The lowest BCUT2D eigenvalue weighted by Crippen LogP contribution is -2.41. The normalized spacial score (nSPS) is 13.5. The highest BCUT2D eigenvalue weighted by atomic mass is 17.2. The van der Waals surface area contributed by atoms with Crippen LogP contribution in [0.4, 0.5) is 4.79 Å². The zero-order valence-corrected chi connectivity index (χ0v) is 15.2. The molecule has 0 aromatic carbocycles. The summed E-state index contributed by atoms with van der Waals surface area (Å²) in [5, 5.41) is 8.56. The summed E-state index contributed by atoms with van der Waals surface area (Å²) < 4.78 is 9.39. The van der Waals surface area contributed by atoms with Crippen molar-refractivity contribution in [3.05, 3.63) is 11.8 Å². The second-order valence-electron chi connectivity index (χ2n) is 6.89. The van der Waals surface area contributed by atoms with E-state index in [9.17, 15) is 9.59 Å². The summed E-state index contributed by atoms with van der Waals surface area (Å²) in [6.45, 7) is 14.0. The number of carbonyl (C=O) groups excluding carboxylic acids is 1. The van der Waals surface area contributed by atoms with E-state index in [1.54, 1.807) is 0 Å². The molecule has 0 radical (unpaired) electrons. The molecule has 134 valence electrons. The van der Waals surface area contributed by atoms with Crippen LogP contribution in [-0.2, 0) is 24.0 Å². The minimum atomic E-state index is -1.59. The predicted molar refractivity (Wildman–Crippen MR) is 83.4 cm³/mol. The molecule has 0 fully saturated rings. The lowest BCUT2D eigenvalue weighted by atomic mass is 9.75. The zero-order valence-electron chi connectivity index (χ0n) is 15.2. The number of carbonyl (C=O) groups is 2. The molecule has 7 heteroatoms. The van der Waals surface area contributed by atoms with Gasteiger partial charge in [0.05, 0.1) is 5.57 Å². The van der Waals surface area contributed by atoms with Crippen LogP contribution in [0.1, 0.15) is 61.8 Å². The van der Waals surface area contributed by atoms with Gasteiger partial charge in [-0.3, -0.25) is 0 Å². The van der Waals surface area contributed by atoms with Crippen molar-refractivity contribution < 1.29 is 33.9 Å². The van der Waals surface area contributed by atoms with Gasteiger partial charge < -0.3 is 19.5 Å². The monoisotopic (exact) mass is 332 g/mol. The van der Waals surface area contributed by atoms with Crippen LogP contribution in [0.3, 0.4) is 0 Å². The fourth-order valence-corrected chi connectivity index (χ4v) is 1.34. The lowest BCUT2D eigenvalue weighted by Gasteiger charge is -2.38. The number of esters is 1. The third-order valence-electron chi connectivity index (χ3n) is 3.99. The van der Waals surface area contributed by atoms with Gasteiger partial charge in [-0.05, 0) is 32.6 Å². The van der Waals surface area contributed by atoms with Crippen molar-refractivity contribution in [2.24, 2.45) is 5.41 Å². The molecule has 0 saturated heterocycles. The van der Waals surface area contributed by atoms with Crippen molar-refractivity contribution in [3.63, 3.8) is 0 Å². The van der Waals surface area contributed by atoms with Crippen LogP contribution >= 0.6 is 0 Å². The van der Waals surface area contributed by atoms with E-state index < -0.39 is 23.5 Å². The van der Waals surface area contributed by atoms with Crippen molar-refractivity contribution in [2.45, 2.75) is 73.2 Å². The van der Waals surface area contributed by atoms with Crippen LogP contribution in [0.2, 0.25) is 0 Å². The fourth-order valence-electron chi connectivity index (χ4n) is 1.34. The van der Waals surface area contributed by atoms with Crippen LogP contribution < -0.4 is 0 Å². The molecule has 0 rings (SSSR count). The second kappa shape index (κ2) is 7.68. The summed E-state index contributed by atoms with van der Waals surface area (Å²) in [6.07, 6.45) is 0.467. The lowest BCUT2D eigenvalue weighted by molar-refractivity contribution is -0.342. The average molecular weight is 332 g/mol. The Bertz CT molecular complexity index is 461. The van der Waals surface area contributed by atoms with Gasteiger partial charge in [0.15, 0.2) is 0 Å². The van der Waals surface area contributed by atoms with Crippen molar-refractivity contribution in [1.82, 2.24) is 0 Å². The Morgan fingerprint density at radius 3 is 2.00 bits per heavy atom. The van der Waals surface area contributed by atoms with Gasteiger partial charge in [-0.2, -0.15) is 4.89 Å². The Kier molecular flexibility index (Phi) is 7.09. The molecule has 0 amide bonds. The molecule has 23 heavy (non-hydrogen) atoms. The first-order chi connectivity index (χ1) is 10.2. The van der Waals surface area contributed by atoms with Gasteiger partial charge in [-0.1, -0.05) is 20.8 Å². The van der Waals surface area contributed by atoms with Crippen molar-refractivity contribution in [3.8, 4) is 0 Å². The summed E-state index contributed by atoms with van der Waals surface area (Å²) in [6, 6.07) is 0. The SMILES string of the molecule is CCC(C)(C)C(C)(C)OOC=C(C)C(=O)OC(C)(C)OC(=O)O. The number of hydrogen-bond acceptors (Lipinski definition) is 6. The maximum Gasteiger partial charge on any atom is 0.509 e. The number of rotatable bonds is 8. The Morgan fingerprint density at radius 2 is 1.57 bits per heavy atom. The molecule has 1 N–H and O–H groups in total. The van der Waals surface area contributed by atoms with Crippen molar-refractivity contribution in [2.75, 3.05) is 0 Å². The van der Waals surface area contributed by atoms with Crippen molar-refractivity contribution >= 4 is 12.1 Å². The highest BCUT2D eigenvalue weighted by Crippen LogP contribution is 2.36.